The Balaban J connectivity index is 1.39. The maximum absolute atomic E-state index is 12.8. The van der Waals surface area contributed by atoms with Gasteiger partial charge in [0.15, 0.2) is 0 Å². The Labute approximate surface area is 157 Å². The van der Waals surface area contributed by atoms with Gasteiger partial charge in [-0.25, -0.2) is 4.68 Å². The molecule has 2 aromatic rings. The largest absolute Gasteiger partial charge is 0.326 e. The summed E-state index contributed by atoms with van der Waals surface area (Å²) in [6.07, 6.45) is 6.13. The van der Waals surface area contributed by atoms with Crippen molar-refractivity contribution < 1.29 is 4.79 Å². The first-order valence-corrected chi connectivity index (χ1v) is 10.4. The molecule has 2 saturated heterocycles. The number of carbonyl (C=O) groups excluding carboxylic acids is 1. The second-order valence-electron chi connectivity index (χ2n) is 6.97. The predicted molar refractivity (Wildman–Crippen MR) is 102 cm³/mol. The lowest BCUT2D eigenvalue weighted by Gasteiger charge is -2.39. The lowest BCUT2D eigenvalue weighted by Crippen LogP contribution is -2.47. The Morgan fingerprint density at radius 1 is 1.23 bits per heavy atom. The molecule has 0 unspecified atom stereocenters. The minimum Gasteiger partial charge on any atom is -0.326 e. The van der Waals surface area contributed by atoms with Crippen LogP contribution in [0.1, 0.15) is 25.7 Å². The molecular formula is C18H24N6OS. The van der Waals surface area contributed by atoms with Gasteiger partial charge in [-0.15, -0.1) is 5.10 Å². The molecule has 1 amide bonds. The van der Waals surface area contributed by atoms with E-state index >= 15 is 0 Å². The van der Waals surface area contributed by atoms with Crippen molar-refractivity contribution in [2.75, 3.05) is 29.9 Å². The highest BCUT2D eigenvalue weighted by Gasteiger charge is 2.30. The number of likely N-dealkylation sites (tertiary alicyclic amines) is 1. The smallest absolute Gasteiger partial charge is 0.228 e. The Morgan fingerprint density at radius 3 is 2.92 bits per heavy atom. The molecule has 138 valence electrons. The highest BCUT2D eigenvalue weighted by atomic mass is 32.2. The molecular weight excluding hydrogens is 348 g/mol. The maximum atomic E-state index is 12.8. The third-order valence-corrected chi connectivity index (χ3v) is 6.31. The highest BCUT2D eigenvalue weighted by Crippen LogP contribution is 2.27. The number of nitrogens with one attached hydrogen (secondary N) is 1. The number of carbonyl (C=O) groups is 1. The number of hydrogen-bond donors (Lipinski definition) is 1. The molecule has 7 nitrogen and oxygen atoms in total. The Kier molecular flexibility index (Phi) is 5.50. The van der Waals surface area contributed by atoms with E-state index < -0.39 is 0 Å². The van der Waals surface area contributed by atoms with E-state index in [0.29, 0.717) is 6.04 Å². The molecule has 1 atom stereocenters. The van der Waals surface area contributed by atoms with Crippen LogP contribution in [0.2, 0.25) is 0 Å². The van der Waals surface area contributed by atoms with Crippen LogP contribution in [0.3, 0.4) is 0 Å². The van der Waals surface area contributed by atoms with Gasteiger partial charge in [0.05, 0.1) is 11.6 Å². The van der Waals surface area contributed by atoms with Gasteiger partial charge in [0.1, 0.15) is 6.33 Å². The highest BCUT2D eigenvalue weighted by molar-refractivity contribution is 7.99. The number of thioether (sulfide) groups is 1. The SMILES string of the molecule is O=C(Nc1cccc(-n2cnnn2)c1)[C@@H]1CCCN(C2CCSCC2)C1. The molecule has 8 heteroatoms. The normalized spacial score (nSPS) is 22.2. The van der Waals surface area contributed by atoms with Gasteiger partial charge >= 0.3 is 0 Å². The van der Waals surface area contributed by atoms with E-state index in [4.69, 9.17) is 0 Å². The minimum atomic E-state index is 0.0648. The van der Waals surface area contributed by atoms with Gasteiger partial charge in [0, 0.05) is 18.3 Å². The predicted octanol–water partition coefficient (Wildman–Crippen LogP) is 2.21. The molecule has 0 aliphatic carbocycles. The summed E-state index contributed by atoms with van der Waals surface area (Å²) in [6.45, 7) is 2.02. The Morgan fingerprint density at radius 2 is 2.12 bits per heavy atom. The van der Waals surface area contributed by atoms with Gasteiger partial charge in [0.2, 0.25) is 5.91 Å². The van der Waals surface area contributed by atoms with Crippen LogP contribution in [-0.4, -0.2) is 61.7 Å². The first kappa shape index (κ1) is 17.5. The van der Waals surface area contributed by atoms with Crippen molar-refractivity contribution in [2.24, 2.45) is 5.92 Å². The van der Waals surface area contributed by atoms with Gasteiger partial charge in [-0.2, -0.15) is 11.8 Å². The summed E-state index contributed by atoms with van der Waals surface area (Å²) < 4.78 is 1.58. The molecule has 0 spiro atoms. The molecule has 1 aromatic carbocycles. The number of nitrogens with zero attached hydrogens (tertiary/aromatic N) is 5. The third kappa shape index (κ3) is 4.07. The average Bonchev–Trinajstić information content (AvgIpc) is 3.24. The van der Waals surface area contributed by atoms with Crippen LogP contribution < -0.4 is 5.32 Å². The molecule has 0 radical (unpaired) electrons. The van der Waals surface area contributed by atoms with E-state index in [-0.39, 0.29) is 11.8 Å². The van der Waals surface area contributed by atoms with E-state index in [2.05, 4.69) is 25.7 Å². The van der Waals surface area contributed by atoms with E-state index in [0.717, 1.165) is 37.3 Å². The van der Waals surface area contributed by atoms with E-state index in [1.165, 1.54) is 24.3 Å². The standard InChI is InChI=1S/C18H24N6OS/c25-18(14-3-2-8-23(12-14)16-6-9-26-10-7-16)20-15-4-1-5-17(11-15)24-13-19-21-22-24/h1,4-5,11,13-14,16H,2-3,6-10,12H2,(H,20,25)/t14-/m1/s1. The van der Waals surface area contributed by atoms with Crippen molar-refractivity contribution >= 4 is 23.4 Å². The molecule has 3 heterocycles. The number of tetrazole rings is 1. The zero-order valence-electron chi connectivity index (χ0n) is 14.8. The lowest BCUT2D eigenvalue weighted by molar-refractivity contribution is -0.121. The molecule has 1 N–H and O–H groups in total. The first-order valence-electron chi connectivity index (χ1n) is 9.26. The fourth-order valence-corrected chi connectivity index (χ4v) is 4.93. The minimum absolute atomic E-state index is 0.0648. The van der Waals surface area contributed by atoms with Crippen LogP contribution in [0, 0.1) is 5.92 Å². The molecule has 0 saturated carbocycles. The summed E-state index contributed by atoms with van der Waals surface area (Å²) in [5, 5.41) is 14.3. The summed E-state index contributed by atoms with van der Waals surface area (Å²) in [6, 6.07) is 8.28. The van der Waals surface area contributed by atoms with Crippen molar-refractivity contribution in [3.05, 3.63) is 30.6 Å². The van der Waals surface area contributed by atoms with E-state index in [1.54, 1.807) is 11.0 Å². The van der Waals surface area contributed by atoms with E-state index in [1.807, 2.05) is 36.0 Å². The van der Waals surface area contributed by atoms with Crippen molar-refractivity contribution in [2.45, 2.75) is 31.7 Å². The molecule has 26 heavy (non-hydrogen) atoms. The van der Waals surface area contributed by atoms with Crippen molar-refractivity contribution in [1.82, 2.24) is 25.1 Å². The Hall–Kier alpha value is -1.93. The topological polar surface area (TPSA) is 75.9 Å². The second-order valence-corrected chi connectivity index (χ2v) is 8.20. The van der Waals surface area contributed by atoms with Gasteiger partial charge in [-0.05, 0) is 72.4 Å². The number of amides is 1. The van der Waals surface area contributed by atoms with Crippen molar-refractivity contribution in [3.8, 4) is 5.69 Å². The number of benzene rings is 1. The number of piperidine rings is 1. The summed E-state index contributed by atoms with van der Waals surface area (Å²) in [7, 11) is 0. The second kappa shape index (κ2) is 8.18. The zero-order valence-corrected chi connectivity index (χ0v) is 15.6. The number of hydrogen-bond acceptors (Lipinski definition) is 6. The number of aromatic nitrogens is 4. The van der Waals surface area contributed by atoms with Crippen molar-refractivity contribution in [3.63, 3.8) is 0 Å². The molecule has 4 rings (SSSR count). The summed E-state index contributed by atoms with van der Waals surface area (Å²) in [5.41, 5.74) is 1.62. The van der Waals surface area contributed by atoms with Crippen LogP contribution in [0.25, 0.3) is 5.69 Å². The monoisotopic (exact) mass is 372 g/mol. The van der Waals surface area contributed by atoms with Gasteiger partial charge in [-0.1, -0.05) is 6.07 Å². The fraction of sp³-hybridized carbons (Fsp3) is 0.556. The first-order chi connectivity index (χ1) is 12.8. The Bertz CT molecular complexity index is 731. The third-order valence-electron chi connectivity index (χ3n) is 5.26. The molecule has 2 aliphatic rings. The van der Waals surface area contributed by atoms with Crippen LogP contribution in [0.15, 0.2) is 30.6 Å². The average molecular weight is 372 g/mol. The quantitative estimate of drug-likeness (QED) is 0.887. The zero-order chi connectivity index (χ0) is 17.8. The van der Waals surface area contributed by atoms with Gasteiger partial charge < -0.3 is 5.32 Å². The van der Waals surface area contributed by atoms with Gasteiger partial charge in [-0.3, -0.25) is 9.69 Å². The van der Waals surface area contributed by atoms with Gasteiger partial charge in [0.25, 0.3) is 0 Å². The molecule has 0 bridgehead atoms. The summed E-state index contributed by atoms with van der Waals surface area (Å²) in [4.78, 5) is 15.4. The fourth-order valence-electron chi connectivity index (χ4n) is 3.85. The maximum Gasteiger partial charge on any atom is 0.228 e. The van der Waals surface area contributed by atoms with Crippen molar-refractivity contribution in [1.29, 1.82) is 0 Å². The van der Waals surface area contributed by atoms with E-state index in [9.17, 15) is 4.79 Å². The van der Waals surface area contributed by atoms with Crippen LogP contribution >= 0.6 is 11.8 Å². The molecule has 2 aliphatic heterocycles. The molecule has 1 aromatic heterocycles. The molecule has 2 fully saturated rings. The summed E-state index contributed by atoms with van der Waals surface area (Å²) in [5.74, 6) is 2.69. The summed E-state index contributed by atoms with van der Waals surface area (Å²) >= 11 is 2.05. The van der Waals surface area contributed by atoms with Crippen LogP contribution in [-0.2, 0) is 4.79 Å². The number of rotatable bonds is 4. The lowest BCUT2D eigenvalue weighted by atomic mass is 9.94. The van der Waals surface area contributed by atoms with Crippen LogP contribution in [0.4, 0.5) is 5.69 Å². The number of anilines is 1. The van der Waals surface area contributed by atoms with Crippen LogP contribution in [0.5, 0.6) is 0 Å².